The Bertz CT molecular complexity index is 645. The van der Waals surface area contributed by atoms with Gasteiger partial charge in [0.25, 0.3) is 0 Å². The van der Waals surface area contributed by atoms with Crippen LogP contribution in [0.5, 0.6) is 11.5 Å². The quantitative estimate of drug-likeness (QED) is 0.537. The van der Waals surface area contributed by atoms with Crippen LogP contribution in [0.2, 0.25) is 0 Å². The number of rotatable bonds is 7. The lowest BCUT2D eigenvalue weighted by Crippen LogP contribution is -2.35. The van der Waals surface area contributed by atoms with Crippen LogP contribution in [0.3, 0.4) is 0 Å². The van der Waals surface area contributed by atoms with Crippen molar-refractivity contribution in [3.8, 4) is 11.5 Å². The third kappa shape index (κ3) is 5.25. The molecule has 1 aliphatic carbocycles. The zero-order chi connectivity index (χ0) is 19.9. The molecule has 5 heteroatoms. The maximum absolute atomic E-state index is 14.1. The molecule has 0 bridgehead atoms. The van der Waals surface area contributed by atoms with Crippen LogP contribution in [0, 0.1) is 29.4 Å². The standard InChI is InChI=1S/C23H32F2O3/c1-3-5-16-6-8-17(9-7-16)18-10-11-19(27-14-18)15-28-21-13-12-20(26-4-2)22(24)23(21)25/h3,5,12-13,16-19H,4,6-11,14-15H2,1-2H3/b5-3+. The molecular formula is C23H32F2O3. The van der Waals surface area contributed by atoms with Gasteiger partial charge in [-0.15, -0.1) is 0 Å². The smallest absolute Gasteiger partial charge is 0.204 e. The molecular weight excluding hydrogens is 362 g/mol. The summed E-state index contributed by atoms with van der Waals surface area (Å²) in [6.45, 7) is 5.09. The second-order valence-corrected chi connectivity index (χ2v) is 7.93. The van der Waals surface area contributed by atoms with Crippen LogP contribution in [0.1, 0.15) is 52.4 Å². The fourth-order valence-corrected chi connectivity index (χ4v) is 4.49. The zero-order valence-corrected chi connectivity index (χ0v) is 17.0. The van der Waals surface area contributed by atoms with Crippen molar-refractivity contribution in [3.63, 3.8) is 0 Å². The van der Waals surface area contributed by atoms with Crippen LogP contribution in [-0.2, 0) is 4.74 Å². The summed E-state index contributed by atoms with van der Waals surface area (Å²) in [6.07, 6.45) is 11.6. The highest BCUT2D eigenvalue weighted by Gasteiger charge is 2.31. The molecule has 3 rings (SSSR count). The molecule has 1 saturated carbocycles. The molecule has 2 aliphatic rings. The number of halogens is 2. The van der Waals surface area contributed by atoms with Gasteiger partial charge in [0.15, 0.2) is 11.5 Å². The molecule has 0 amide bonds. The molecule has 1 aromatic carbocycles. The van der Waals surface area contributed by atoms with Gasteiger partial charge in [0.2, 0.25) is 11.6 Å². The summed E-state index contributed by atoms with van der Waals surface area (Å²) < 4.78 is 44.6. The molecule has 1 heterocycles. The monoisotopic (exact) mass is 394 g/mol. The molecule has 156 valence electrons. The third-order valence-electron chi connectivity index (χ3n) is 6.09. The molecule has 0 spiro atoms. The van der Waals surface area contributed by atoms with Crippen LogP contribution in [0.4, 0.5) is 8.78 Å². The van der Waals surface area contributed by atoms with Gasteiger partial charge in [-0.25, -0.2) is 0 Å². The molecule has 1 aliphatic heterocycles. The lowest BCUT2D eigenvalue weighted by atomic mass is 9.74. The second-order valence-electron chi connectivity index (χ2n) is 7.93. The molecule has 2 atom stereocenters. The zero-order valence-electron chi connectivity index (χ0n) is 17.0. The first-order valence-electron chi connectivity index (χ1n) is 10.6. The van der Waals surface area contributed by atoms with E-state index in [4.69, 9.17) is 14.2 Å². The number of allylic oxidation sites excluding steroid dienone is 2. The molecule has 2 unspecified atom stereocenters. The molecule has 3 nitrogen and oxygen atoms in total. The van der Waals surface area contributed by atoms with Crippen LogP contribution >= 0.6 is 0 Å². The highest BCUT2D eigenvalue weighted by Crippen LogP contribution is 2.38. The lowest BCUT2D eigenvalue weighted by Gasteiger charge is -2.37. The van der Waals surface area contributed by atoms with Crippen LogP contribution in [-0.4, -0.2) is 25.9 Å². The van der Waals surface area contributed by atoms with Gasteiger partial charge >= 0.3 is 0 Å². The Morgan fingerprint density at radius 3 is 2.18 bits per heavy atom. The number of ether oxygens (including phenoxy) is 3. The maximum Gasteiger partial charge on any atom is 0.204 e. The largest absolute Gasteiger partial charge is 0.491 e. The van der Waals surface area contributed by atoms with Gasteiger partial charge in [0.1, 0.15) is 6.61 Å². The number of hydrogen-bond donors (Lipinski definition) is 0. The normalized spacial score (nSPS) is 28.4. The Kier molecular flexibility index (Phi) is 7.72. The summed E-state index contributed by atoms with van der Waals surface area (Å²) >= 11 is 0. The molecule has 0 radical (unpaired) electrons. The molecule has 0 N–H and O–H groups in total. The fourth-order valence-electron chi connectivity index (χ4n) is 4.49. The van der Waals surface area contributed by atoms with Gasteiger partial charge in [-0.1, -0.05) is 12.2 Å². The number of hydrogen-bond acceptors (Lipinski definition) is 3. The predicted molar refractivity (Wildman–Crippen MR) is 106 cm³/mol. The van der Waals surface area contributed by atoms with E-state index in [0.717, 1.165) is 31.3 Å². The molecule has 28 heavy (non-hydrogen) atoms. The first-order chi connectivity index (χ1) is 13.6. The Morgan fingerprint density at radius 2 is 1.61 bits per heavy atom. The van der Waals surface area contributed by atoms with Crippen molar-refractivity contribution in [1.29, 1.82) is 0 Å². The summed E-state index contributed by atoms with van der Waals surface area (Å²) in [7, 11) is 0. The highest BCUT2D eigenvalue weighted by atomic mass is 19.2. The first kappa shape index (κ1) is 21.1. The van der Waals surface area contributed by atoms with Gasteiger partial charge in [-0.05, 0) is 82.3 Å². The second kappa shape index (κ2) is 10.2. The van der Waals surface area contributed by atoms with Gasteiger partial charge in [0, 0.05) is 0 Å². The van der Waals surface area contributed by atoms with E-state index in [9.17, 15) is 8.78 Å². The SMILES string of the molecule is C/C=C/C1CCC(C2CCC(COc3ccc(OCC)c(F)c3F)OC2)CC1. The summed E-state index contributed by atoms with van der Waals surface area (Å²) in [6, 6.07) is 2.82. The third-order valence-corrected chi connectivity index (χ3v) is 6.09. The molecule has 1 aromatic rings. The fraction of sp³-hybridized carbons (Fsp3) is 0.652. The van der Waals surface area contributed by atoms with Crippen molar-refractivity contribution in [1.82, 2.24) is 0 Å². The van der Waals surface area contributed by atoms with Crippen LogP contribution in [0.25, 0.3) is 0 Å². The van der Waals surface area contributed by atoms with Crippen molar-refractivity contribution < 1.29 is 23.0 Å². The predicted octanol–water partition coefficient (Wildman–Crippen LogP) is 5.92. The molecule has 2 fully saturated rings. The lowest BCUT2D eigenvalue weighted by molar-refractivity contribution is -0.0558. The summed E-state index contributed by atoms with van der Waals surface area (Å²) in [5.74, 6) is -0.0722. The Hall–Kier alpha value is -1.62. The van der Waals surface area contributed by atoms with Crippen molar-refractivity contribution in [2.24, 2.45) is 17.8 Å². The Balaban J connectivity index is 1.43. The summed E-state index contributed by atoms with van der Waals surface area (Å²) in [4.78, 5) is 0. The van der Waals surface area contributed by atoms with Crippen LogP contribution < -0.4 is 9.47 Å². The van der Waals surface area contributed by atoms with Gasteiger partial charge in [-0.3, -0.25) is 0 Å². The van der Waals surface area contributed by atoms with Crippen molar-refractivity contribution >= 4 is 0 Å². The van der Waals surface area contributed by atoms with Crippen molar-refractivity contribution in [2.75, 3.05) is 19.8 Å². The average Bonchev–Trinajstić information content (AvgIpc) is 2.72. The van der Waals surface area contributed by atoms with E-state index >= 15 is 0 Å². The van der Waals surface area contributed by atoms with E-state index in [1.807, 2.05) is 0 Å². The number of benzene rings is 1. The van der Waals surface area contributed by atoms with Gasteiger partial charge in [-0.2, -0.15) is 8.78 Å². The van der Waals surface area contributed by atoms with E-state index < -0.39 is 11.6 Å². The van der Waals surface area contributed by atoms with E-state index in [-0.39, 0.29) is 30.8 Å². The Labute approximate surface area is 167 Å². The highest BCUT2D eigenvalue weighted by molar-refractivity contribution is 5.35. The molecule has 0 aromatic heterocycles. The minimum Gasteiger partial charge on any atom is -0.491 e. The maximum atomic E-state index is 14.1. The minimum atomic E-state index is -1.00. The summed E-state index contributed by atoms with van der Waals surface area (Å²) in [5.41, 5.74) is 0. The Morgan fingerprint density at radius 1 is 0.964 bits per heavy atom. The average molecular weight is 395 g/mol. The topological polar surface area (TPSA) is 27.7 Å². The van der Waals surface area contributed by atoms with E-state index in [1.54, 1.807) is 6.92 Å². The van der Waals surface area contributed by atoms with E-state index in [2.05, 4.69) is 19.1 Å². The van der Waals surface area contributed by atoms with E-state index in [0.29, 0.717) is 5.92 Å². The molecule has 1 saturated heterocycles. The van der Waals surface area contributed by atoms with E-state index in [1.165, 1.54) is 37.8 Å². The van der Waals surface area contributed by atoms with Crippen LogP contribution in [0.15, 0.2) is 24.3 Å². The first-order valence-corrected chi connectivity index (χ1v) is 10.6. The van der Waals surface area contributed by atoms with Gasteiger partial charge in [0.05, 0.1) is 19.3 Å². The minimum absolute atomic E-state index is 0.0651. The van der Waals surface area contributed by atoms with Crippen molar-refractivity contribution in [2.45, 2.75) is 58.5 Å². The van der Waals surface area contributed by atoms with Gasteiger partial charge < -0.3 is 14.2 Å². The van der Waals surface area contributed by atoms with Crippen molar-refractivity contribution in [3.05, 3.63) is 35.9 Å². The summed E-state index contributed by atoms with van der Waals surface area (Å²) in [5, 5.41) is 0.